The maximum absolute atomic E-state index is 12.8. The maximum Gasteiger partial charge on any atom is 0.418 e. The molecular formula is C15H13F3N2O3. The van der Waals surface area contributed by atoms with Crippen molar-refractivity contribution in [3.05, 3.63) is 48.0 Å². The molecule has 0 aliphatic carbocycles. The van der Waals surface area contributed by atoms with E-state index in [0.717, 1.165) is 12.1 Å². The van der Waals surface area contributed by atoms with Gasteiger partial charge in [-0.2, -0.15) is 13.2 Å². The van der Waals surface area contributed by atoms with Gasteiger partial charge in [0.25, 0.3) is 0 Å². The molecule has 3 N–H and O–H groups in total. The molecule has 0 aliphatic rings. The molecule has 0 radical (unpaired) electrons. The van der Waals surface area contributed by atoms with Crippen molar-refractivity contribution in [3.8, 4) is 11.5 Å². The summed E-state index contributed by atoms with van der Waals surface area (Å²) in [6.07, 6.45) is -4.59. The third-order valence-corrected chi connectivity index (χ3v) is 2.93. The molecule has 2 rings (SSSR count). The van der Waals surface area contributed by atoms with Gasteiger partial charge in [0.1, 0.15) is 11.5 Å². The predicted molar refractivity (Wildman–Crippen MR) is 78.7 cm³/mol. The topological polar surface area (TPSA) is 70.6 Å². The van der Waals surface area contributed by atoms with E-state index >= 15 is 0 Å². The number of anilines is 2. The largest absolute Gasteiger partial charge is 0.506 e. The van der Waals surface area contributed by atoms with Crippen LogP contribution in [0.4, 0.5) is 29.3 Å². The van der Waals surface area contributed by atoms with Crippen LogP contribution in [0.1, 0.15) is 5.56 Å². The smallest absolute Gasteiger partial charge is 0.418 e. The lowest BCUT2D eigenvalue weighted by Crippen LogP contribution is -2.21. The van der Waals surface area contributed by atoms with Gasteiger partial charge in [0.05, 0.1) is 24.0 Å². The number of phenols is 1. The number of alkyl halides is 3. The van der Waals surface area contributed by atoms with Gasteiger partial charge in [-0.05, 0) is 24.3 Å². The van der Waals surface area contributed by atoms with Crippen molar-refractivity contribution in [3.63, 3.8) is 0 Å². The van der Waals surface area contributed by atoms with Crippen LogP contribution in [0.5, 0.6) is 11.5 Å². The predicted octanol–water partition coefficient (Wildman–Crippen LogP) is 4.06. The van der Waals surface area contributed by atoms with Crippen LogP contribution in [0, 0.1) is 0 Å². The van der Waals surface area contributed by atoms with Crippen LogP contribution >= 0.6 is 0 Å². The first-order valence-corrected chi connectivity index (χ1v) is 6.42. The van der Waals surface area contributed by atoms with E-state index in [0.29, 0.717) is 5.75 Å². The minimum absolute atomic E-state index is 0.0350. The normalized spacial score (nSPS) is 11.0. The summed E-state index contributed by atoms with van der Waals surface area (Å²) in [5.41, 5.74) is -1.31. The number of carbonyl (C=O) groups excluding carboxylic acids is 1. The first-order valence-electron chi connectivity index (χ1n) is 6.42. The van der Waals surface area contributed by atoms with Crippen molar-refractivity contribution in [2.75, 3.05) is 17.7 Å². The lowest BCUT2D eigenvalue weighted by atomic mass is 10.1. The van der Waals surface area contributed by atoms with E-state index in [-0.39, 0.29) is 17.1 Å². The third-order valence-electron chi connectivity index (χ3n) is 2.93. The minimum Gasteiger partial charge on any atom is -0.506 e. The molecule has 2 amide bonds. The molecular weight excluding hydrogens is 313 g/mol. The van der Waals surface area contributed by atoms with Crippen molar-refractivity contribution >= 4 is 17.4 Å². The summed E-state index contributed by atoms with van der Waals surface area (Å²) >= 11 is 0. The summed E-state index contributed by atoms with van der Waals surface area (Å²) in [6, 6.07) is 7.79. The second-order valence-corrected chi connectivity index (χ2v) is 4.51. The highest BCUT2D eigenvalue weighted by Gasteiger charge is 2.33. The van der Waals surface area contributed by atoms with E-state index in [4.69, 9.17) is 4.74 Å². The number of nitrogens with one attached hydrogen (secondary N) is 2. The van der Waals surface area contributed by atoms with Crippen LogP contribution in [0.2, 0.25) is 0 Å². The zero-order chi connectivity index (χ0) is 17.0. The number of aromatic hydroxyl groups is 1. The summed E-state index contributed by atoms with van der Waals surface area (Å²) in [6.45, 7) is 0. The van der Waals surface area contributed by atoms with Gasteiger partial charge < -0.3 is 20.5 Å². The SMILES string of the molecule is COc1ccc(NC(=O)Nc2ccccc2C(F)(F)F)c(O)c1. The fourth-order valence-electron chi connectivity index (χ4n) is 1.86. The third kappa shape index (κ3) is 4.06. The molecule has 0 saturated heterocycles. The van der Waals surface area contributed by atoms with Crippen LogP contribution in [-0.4, -0.2) is 18.2 Å². The molecule has 0 saturated carbocycles. The average Bonchev–Trinajstić information content (AvgIpc) is 2.48. The Balaban J connectivity index is 2.15. The van der Waals surface area contributed by atoms with Gasteiger partial charge in [-0.25, -0.2) is 4.79 Å². The van der Waals surface area contributed by atoms with Gasteiger partial charge >= 0.3 is 12.2 Å². The van der Waals surface area contributed by atoms with Gasteiger partial charge in [-0.3, -0.25) is 0 Å². The molecule has 5 nitrogen and oxygen atoms in total. The number of ether oxygens (including phenoxy) is 1. The van der Waals surface area contributed by atoms with Crippen LogP contribution in [0.15, 0.2) is 42.5 Å². The van der Waals surface area contributed by atoms with Crippen molar-refractivity contribution in [1.82, 2.24) is 0 Å². The fraction of sp³-hybridized carbons (Fsp3) is 0.133. The molecule has 0 atom stereocenters. The Morgan fingerprint density at radius 1 is 1.09 bits per heavy atom. The number of hydrogen-bond acceptors (Lipinski definition) is 3. The van der Waals surface area contributed by atoms with E-state index in [1.54, 1.807) is 0 Å². The molecule has 8 heteroatoms. The van der Waals surface area contributed by atoms with E-state index < -0.39 is 17.8 Å². The molecule has 0 aromatic heterocycles. The standard InChI is InChI=1S/C15H13F3N2O3/c1-23-9-6-7-12(13(21)8-9)20-14(22)19-11-5-3-2-4-10(11)15(16,17)18/h2-8,21H,1H3,(H2,19,20,22). The number of benzene rings is 2. The number of methoxy groups -OCH3 is 1. The number of para-hydroxylation sites is 1. The number of carbonyl (C=O) groups is 1. The van der Waals surface area contributed by atoms with Crippen molar-refractivity contribution in [2.45, 2.75) is 6.18 Å². The van der Waals surface area contributed by atoms with E-state index in [1.165, 1.54) is 37.4 Å². The van der Waals surface area contributed by atoms with Gasteiger partial charge in [-0.1, -0.05) is 12.1 Å². The highest BCUT2D eigenvalue weighted by Crippen LogP contribution is 2.34. The molecule has 122 valence electrons. The first kappa shape index (κ1) is 16.5. The zero-order valence-corrected chi connectivity index (χ0v) is 11.9. The van der Waals surface area contributed by atoms with Gasteiger partial charge in [-0.15, -0.1) is 0 Å². The zero-order valence-electron chi connectivity index (χ0n) is 11.9. The highest BCUT2D eigenvalue weighted by molar-refractivity contribution is 6.01. The number of urea groups is 1. The molecule has 0 heterocycles. The maximum atomic E-state index is 12.8. The molecule has 0 fully saturated rings. The lowest BCUT2D eigenvalue weighted by Gasteiger charge is -2.14. The Morgan fingerprint density at radius 3 is 2.35 bits per heavy atom. The second kappa shape index (κ2) is 6.47. The molecule has 2 aromatic carbocycles. The fourth-order valence-corrected chi connectivity index (χ4v) is 1.86. The summed E-state index contributed by atoms with van der Waals surface area (Å²) in [7, 11) is 1.41. The van der Waals surface area contributed by atoms with Crippen LogP contribution in [0.3, 0.4) is 0 Å². The highest BCUT2D eigenvalue weighted by atomic mass is 19.4. The van der Waals surface area contributed by atoms with E-state index in [2.05, 4.69) is 10.6 Å². The molecule has 0 bridgehead atoms. The van der Waals surface area contributed by atoms with Crippen molar-refractivity contribution in [1.29, 1.82) is 0 Å². The second-order valence-electron chi connectivity index (χ2n) is 4.51. The van der Waals surface area contributed by atoms with Gasteiger partial charge in [0.15, 0.2) is 0 Å². The number of rotatable bonds is 3. The van der Waals surface area contributed by atoms with Crippen LogP contribution in [0.25, 0.3) is 0 Å². The Hall–Kier alpha value is -2.90. The van der Waals surface area contributed by atoms with Crippen molar-refractivity contribution in [2.24, 2.45) is 0 Å². The average molecular weight is 326 g/mol. The van der Waals surface area contributed by atoms with E-state index in [9.17, 15) is 23.1 Å². The molecule has 0 spiro atoms. The molecule has 23 heavy (non-hydrogen) atoms. The number of phenolic OH excluding ortho intramolecular Hbond substituents is 1. The van der Waals surface area contributed by atoms with Crippen molar-refractivity contribution < 1.29 is 27.8 Å². The number of halogens is 3. The Kier molecular flexibility index (Phi) is 4.63. The molecule has 0 aliphatic heterocycles. The lowest BCUT2D eigenvalue weighted by molar-refractivity contribution is -0.136. The quantitative estimate of drug-likeness (QED) is 0.745. The number of amides is 2. The summed E-state index contributed by atoms with van der Waals surface area (Å²) in [5, 5.41) is 14.1. The van der Waals surface area contributed by atoms with Gasteiger partial charge in [0, 0.05) is 6.07 Å². The number of hydrogen-bond donors (Lipinski definition) is 3. The van der Waals surface area contributed by atoms with E-state index in [1.807, 2.05) is 0 Å². The summed E-state index contributed by atoms with van der Waals surface area (Å²) in [5.74, 6) is 0.0967. The van der Waals surface area contributed by atoms with Gasteiger partial charge in [0.2, 0.25) is 0 Å². The monoisotopic (exact) mass is 326 g/mol. The Bertz CT molecular complexity index is 717. The first-order chi connectivity index (χ1) is 10.8. The summed E-state index contributed by atoms with van der Waals surface area (Å²) in [4.78, 5) is 11.8. The van der Waals surface area contributed by atoms with Crippen LogP contribution < -0.4 is 15.4 Å². The molecule has 0 unspecified atom stereocenters. The summed E-state index contributed by atoms with van der Waals surface area (Å²) < 4.78 is 43.4. The minimum atomic E-state index is -4.59. The molecule has 2 aromatic rings. The Labute approximate surface area is 129 Å². The Morgan fingerprint density at radius 2 is 1.74 bits per heavy atom. The van der Waals surface area contributed by atoms with Crippen LogP contribution in [-0.2, 0) is 6.18 Å².